The van der Waals surface area contributed by atoms with E-state index < -0.39 is 0 Å². The summed E-state index contributed by atoms with van der Waals surface area (Å²) in [4.78, 5) is 38.0. The van der Waals surface area contributed by atoms with E-state index in [1.54, 1.807) is 25.3 Å². The maximum absolute atomic E-state index is 12.7. The molecule has 0 saturated heterocycles. The molecule has 1 amide bonds. The van der Waals surface area contributed by atoms with Crippen molar-refractivity contribution in [2.45, 2.75) is 20.3 Å². The smallest absolute Gasteiger partial charge is 0.266 e. The van der Waals surface area contributed by atoms with Gasteiger partial charge in [0.2, 0.25) is 0 Å². The van der Waals surface area contributed by atoms with Gasteiger partial charge in [0.1, 0.15) is 10.7 Å². The van der Waals surface area contributed by atoms with Crippen molar-refractivity contribution in [2.24, 2.45) is 0 Å². The Morgan fingerprint density at radius 1 is 1.18 bits per heavy atom. The Bertz CT molecular complexity index is 1230. The Kier molecular flexibility index (Phi) is 4.75. The fourth-order valence-electron chi connectivity index (χ4n) is 3.09. The summed E-state index contributed by atoms with van der Waals surface area (Å²) in [5, 5.41) is 3.34. The molecule has 3 heterocycles. The van der Waals surface area contributed by atoms with E-state index in [1.165, 1.54) is 11.3 Å². The first-order chi connectivity index (χ1) is 13.5. The van der Waals surface area contributed by atoms with Crippen molar-refractivity contribution in [3.63, 3.8) is 0 Å². The Morgan fingerprint density at radius 3 is 2.71 bits per heavy atom. The van der Waals surface area contributed by atoms with Crippen LogP contribution in [-0.2, 0) is 6.42 Å². The number of aryl methyl sites for hydroxylation is 2. The molecule has 0 spiro atoms. The van der Waals surface area contributed by atoms with E-state index in [4.69, 9.17) is 0 Å². The first-order valence-electron chi connectivity index (χ1n) is 8.81. The van der Waals surface area contributed by atoms with Gasteiger partial charge in [-0.25, -0.2) is 4.98 Å². The third kappa shape index (κ3) is 3.57. The molecule has 0 aliphatic rings. The SMILES string of the molecule is Cc1cc(NC(=O)c2sc3nc(Cc4ccccc4)[nH]c(=O)c3c2C)ccn1. The van der Waals surface area contributed by atoms with Crippen LogP contribution in [0.25, 0.3) is 10.2 Å². The number of carbonyl (C=O) groups is 1. The Balaban J connectivity index is 1.68. The number of nitrogens with zero attached hydrogens (tertiary/aromatic N) is 2. The number of anilines is 1. The van der Waals surface area contributed by atoms with Gasteiger partial charge in [-0.05, 0) is 37.1 Å². The normalized spacial score (nSPS) is 10.9. The average molecular weight is 390 g/mol. The molecule has 28 heavy (non-hydrogen) atoms. The number of benzene rings is 1. The first-order valence-corrected chi connectivity index (χ1v) is 9.63. The molecule has 0 fully saturated rings. The van der Waals surface area contributed by atoms with E-state index >= 15 is 0 Å². The fourth-order valence-corrected chi connectivity index (χ4v) is 4.19. The number of carbonyl (C=O) groups excluding carboxylic acids is 1. The fraction of sp³-hybridized carbons (Fsp3) is 0.143. The van der Waals surface area contributed by atoms with Crippen LogP contribution in [-0.4, -0.2) is 20.9 Å². The lowest BCUT2D eigenvalue weighted by Gasteiger charge is -2.04. The topological polar surface area (TPSA) is 87.7 Å². The number of hydrogen-bond donors (Lipinski definition) is 2. The summed E-state index contributed by atoms with van der Waals surface area (Å²) in [6, 6.07) is 13.3. The van der Waals surface area contributed by atoms with Gasteiger partial charge in [0.25, 0.3) is 11.5 Å². The van der Waals surface area contributed by atoms with Crippen molar-refractivity contribution < 1.29 is 4.79 Å². The number of rotatable bonds is 4. The minimum absolute atomic E-state index is 0.219. The highest BCUT2D eigenvalue weighted by Gasteiger charge is 2.19. The molecule has 0 saturated carbocycles. The molecule has 0 radical (unpaired) electrons. The minimum atomic E-state index is -0.255. The molecule has 0 aliphatic carbocycles. The van der Waals surface area contributed by atoms with Crippen molar-refractivity contribution in [3.05, 3.63) is 86.5 Å². The number of fused-ring (bicyclic) bond motifs is 1. The van der Waals surface area contributed by atoms with Crippen molar-refractivity contribution in [1.29, 1.82) is 0 Å². The van der Waals surface area contributed by atoms with Crippen molar-refractivity contribution in [1.82, 2.24) is 15.0 Å². The van der Waals surface area contributed by atoms with Gasteiger partial charge in [-0.3, -0.25) is 14.6 Å². The third-order valence-electron chi connectivity index (χ3n) is 4.42. The molecule has 0 atom stereocenters. The van der Waals surface area contributed by atoms with Gasteiger partial charge in [0.15, 0.2) is 0 Å². The lowest BCUT2D eigenvalue weighted by Crippen LogP contribution is -2.13. The quantitative estimate of drug-likeness (QED) is 0.554. The van der Waals surface area contributed by atoms with Gasteiger partial charge >= 0.3 is 0 Å². The molecule has 2 N–H and O–H groups in total. The molecule has 0 aliphatic heterocycles. The second-order valence-corrected chi connectivity index (χ2v) is 7.55. The number of H-pyrrole nitrogens is 1. The zero-order valence-corrected chi connectivity index (χ0v) is 16.3. The van der Waals surface area contributed by atoms with Crippen LogP contribution in [0.4, 0.5) is 5.69 Å². The molecule has 1 aromatic carbocycles. The van der Waals surface area contributed by atoms with Gasteiger partial charge in [0.05, 0.1) is 10.3 Å². The highest BCUT2D eigenvalue weighted by molar-refractivity contribution is 7.20. The van der Waals surface area contributed by atoms with Gasteiger partial charge in [-0.1, -0.05) is 30.3 Å². The summed E-state index contributed by atoms with van der Waals surface area (Å²) < 4.78 is 0. The summed E-state index contributed by atoms with van der Waals surface area (Å²) >= 11 is 1.24. The van der Waals surface area contributed by atoms with Gasteiger partial charge in [-0.15, -0.1) is 11.3 Å². The Morgan fingerprint density at radius 2 is 1.96 bits per heavy atom. The van der Waals surface area contributed by atoms with Gasteiger partial charge in [0, 0.05) is 24.0 Å². The average Bonchev–Trinajstić information content (AvgIpc) is 2.99. The molecule has 0 unspecified atom stereocenters. The van der Waals surface area contributed by atoms with Crippen LogP contribution in [0.3, 0.4) is 0 Å². The van der Waals surface area contributed by atoms with Gasteiger partial charge in [-0.2, -0.15) is 0 Å². The predicted octanol–water partition coefficient (Wildman–Crippen LogP) is 3.84. The van der Waals surface area contributed by atoms with E-state index in [9.17, 15) is 9.59 Å². The second-order valence-electron chi connectivity index (χ2n) is 6.55. The van der Waals surface area contributed by atoms with E-state index in [0.717, 1.165) is 11.3 Å². The third-order valence-corrected chi connectivity index (χ3v) is 5.61. The predicted molar refractivity (Wildman–Crippen MR) is 111 cm³/mol. The number of pyridine rings is 1. The van der Waals surface area contributed by atoms with Crippen LogP contribution in [0.15, 0.2) is 53.5 Å². The lowest BCUT2D eigenvalue weighted by atomic mass is 10.1. The molecular formula is C21H18N4O2S. The van der Waals surface area contributed by atoms with Crippen LogP contribution in [0.5, 0.6) is 0 Å². The first kappa shape index (κ1) is 18.1. The largest absolute Gasteiger partial charge is 0.321 e. The van der Waals surface area contributed by atoms with Crippen molar-refractivity contribution in [3.8, 4) is 0 Å². The Hall–Kier alpha value is -3.32. The van der Waals surface area contributed by atoms with E-state index in [2.05, 4.69) is 20.3 Å². The van der Waals surface area contributed by atoms with Crippen LogP contribution in [0, 0.1) is 13.8 Å². The summed E-state index contributed by atoms with van der Waals surface area (Å²) in [6.07, 6.45) is 2.17. The van der Waals surface area contributed by atoms with Gasteiger partial charge < -0.3 is 10.3 Å². The summed E-state index contributed by atoms with van der Waals surface area (Å²) in [5.74, 6) is 0.330. The number of thiophene rings is 1. The molecule has 4 rings (SSSR count). The molecular weight excluding hydrogens is 372 g/mol. The zero-order valence-electron chi connectivity index (χ0n) is 15.4. The van der Waals surface area contributed by atoms with Crippen LogP contribution in [0.1, 0.15) is 32.3 Å². The molecule has 0 bridgehead atoms. The maximum atomic E-state index is 12.7. The number of aromatic nitrogens is 3. The Labute approximate surface area is 165 Å². The monoisotopic (exact) mass is 390 g/mol. The number of amides is 1. The van der Waals surface area contributed by atoms with E-state index in [0.29, 0.717) is 38.6 Å². The summed E-state index contributed by atoms with van der Waals surface area (Å²) in [7, 11) is 0. The minimum Gasteiger partial charge on any atom is -0.321 e. The highest BCUT2D eigenvalue weighted by atomic mass is 32.1. The molecule has 4 aromatic rings. The highest BCUT2D eigenvalue weighted by Crippen LogP contribution is 2.28. The maximum Gasteiger partial charge on any atom is 0.266 e. The van der Waals surface area contributed by atoms with Crippen molar-refractivity contribution >= 4 is 33.1 Å². The lowest BCUT2D eigenvalue weighted by molar-refractivity contribution is 0.103. The van der Waals surface area contributed by atoms with E-state index in [1.807, 2.05) is 37.3 Å². The van der Waals surface area contributed by atoms with E-state index in [-0.39, 0.29) is 11.5 Å². The van der Waals surface area contributed by atoms with Crippen molar-refractivity contribution in [2.75, 3.05) is 5.32 Å². The molecule has 3 aromatic heterocycles. The molecule has 7 heteroatoms. The van der Waals surface area contributed by atoms with Crippen LogP contribution >= 0.6 is 11.3 Å². The summed E-state index contributed by atoms with van der Waals surface area (Å²) in [5.41, 5.74) is 2.96. The zero-order chi connectivity index (χ0) is 19.7. The number of aromatic amines is 1. The van der Waals surface area contributed by atoms with Crippen LogP contribution < -0.4 is 10.9 Å². The van der Waals surface area contributed by atoms with Crippen LogP contribution in [0.2, 0.25) is 0 Å². The summed E-state index contributed by atoms with van der Waals surface area (Å²) in [6.45, 7) is 3.64. The molecule has 140 valence electrons. The number of hydrogen-bond acceptors (Lipinski definition) is 5. The number of nitrogens with one attached hydrogen (secondary N) is 2. The standard InChI is InChI=1S/C21H18N4O2S/c1-12-10-15(8-9-22-12)23-20(27)18-13(2)17-19(26)24-16(25-21(17)28-18)11-14-6-4-3-5-7-14/h3-10H,11H2,1-2H3,(H,22,23,27)(H,24,25,26). The molecule has 6 nitrogen and oxygen atoms in total. The second kappa shape index (κ2) is 7.36.